The standard InChI is InChI=1S/C25H37NO3S2/c1-7-8-15-29-22-14-11-20(25(5,6)18-24(2,3)4)16-23(22)31(27,28)26-21-12-9-19(17-30)10-13-21/h9-14,16,26,30H,7-8,15,17-18H2,1-6H3. The highest BCUT2D eigenvalue weighted by atomic mass is 32.2. The fraction of sp³-hybridized carbons (Fsp3) is 0.520. The quantitative estimate of drug-likeness (QED) is 0.300. The summed E-state index contributed by atoms with van der Waals surface area (Å²) in [5, 5.41) is 0. The third kappa shape index (κ3) is 7.46. The molecule has 2 aromatic carbocycles. The molecule has 2 aromatic rings. The molecule has 31 heavy (non-hydrogen) atoms. The van der Waals surface area contributed by atoms with Crippen LogP contribution >= 0.6 is 12.6 Å². The molecule has 1 N–H and O–H groups in total. The van der Waals surface area contributed by atoms with Crippen molar-refractivity contribution in [1.29, 1.82) is 0 Å². The molecule has 0 bridgehead atoms. The maximum Gasteiger partial charge on any atom is 0.265 e. The van der Waals surface area contributed by atoms with Gasteiger partial charge in [-0.2, -0.15) is 12.6 Å². The second kappa shape index (κ2) is 10.3. The molecule has 0 atom stereocenters. The molecule has 6 heteroatoms. The molecule has 4 nitrogen and oxygen atoms in total. The van der Waals surface area contributed by atoms with Gasteiger partial charge in [0.2, 0.25) is 0 Å². The Hall–Kier alpha value is -1.66. The smallest absolute Gasteiger partial charge is 0.265 e. The van der Waals surface area contributed by atoms with Crippen LogP contribution in [0.15, 0.2) is 47.4 Å². The number of hydrogen-bond acceptors (Lipinski definition) is 4. The summed E-state index contributed by atoms with van der Waals surface area (Å²) in [6, 6.07) is 12.8. The zero-order valence-electron chi connectivity index (χ0n) is 19.7. The third-order valence-electron chi connectivity index (χ3n) is 5.13. The molecule has 0 aliphatic heterocycles. The lowest BCUT2D eigenvalue weighted by Crippen LogP contribution is -2.25. The minimum atomic E-state index is -3.82. The van der Waals surface area contributed by atoms with E-state index in [1.165, 1.54) is 0 Å². The monoisotopic (exact) mass is 463 g/mol. The molecule has 0 radical (unpaired) electrons. The van der Waals surface area contributed by atoms with Gasteiger partial charge in [-0.05, 0) is 59.1 Å². The molecule has 0 aliphatic rings. The molecule has 0 spiro atoms. The van der Waals surface area contributed by atoms with Crippen LogP contribution in [0, 0.1) is 5.41 Å². The highest BCUT2D eigenvalue weighted by molar-refractivity contribution is 7.92. The van der Waals surface area contributed by atoms with E-state index in [1.807, 2.05) is 18.2 Å². The minimum Gasteiger partial charge on any atom is -0.492 e. The highest BCUT2D eigenvalue weighted by Crippen LogP contribution is 2.39. The summed E-state index contributed by atoms with van der Waals surface area (Å²) in [5.41, 5.74) is 2.46. The van der Waals surface area contributed by atoms with Gasteiger partial charge >= 0.3 is 0 Å². The van der Waals surface area contributed by atoms with Crippen LogP contribution in [0.2, 0.25) is 0 Å². The molecular weight excluding hydrogens is 426 g/mol. The van der Waals surface area contributed by atoms with Crippen LogP contribution in [-0.2, 0) is 21.2 Å². The van der Waals surface area contributed by atoms with Crippen LogP contribution in [0.1, 0.15) is 71.9 Å². The number of nitrogens with one attached hydrogen (secondary N) is 1. The summed E-state index contributed by atoms with van der Waals surface area (Å²) in [5.74, 6) is 0.996. The summed E-state index contributed by atoms with van der Waals surface area (Å²) >= 11 is 4.25. The van der Waals surface area contributed by atoms with E-state index >= 15 is 0 Å². The molecule has 0 heterocycles. The first-order chi connectivity index (χ1) is 14.4. The number of rotatable bonds is 10. The van der Waals surface area contributed by atoms with E-state index in [1.54, 1.807) is 24.3 Å². The maximum absolute atomic E-state index is 13.4. The number of anilines is 1. The van der Waals surface area contributed by atoms with Gasteiger partial charge in [-0.1, -0.05) is 66.2 Å². The van der Waals surface area contributed by atoms with Gasteiger partial charge in [-0.15, -0.1) is 0 Å². The lowest BCUT2D eigenvalue weighted by molar-refractivity contribution is 0.282. The summed E-state index contributed by atoms with van der Waals surface area (Å²) in [7, 11) is -3.82. The van der Waals surface area contributed by atoms with Gasteiger partial charge in [0.05, 0.1) is 6.61 Å². The first-order valence-electron chi connectivity index (χ1n) is 10.9. The SMILES string of the molecule is CCCCOc1ccc(C(C)(C)CC(C)(C)C)cc1S(=O)(=O)Nc1ccc(CS)cc1. The predicted molar refractivity (Wildman–Crippen MR) is 134 cm³/mol. The number of unbranched alkanes of at least 4 members (excludes halogenated alkanes) is 1. The van der Waals surface area contributed by atoms with Gasteiger partial charge in [-0.25, -0.2) is 8.42 Å². The van der Waals surface area contributed by atoms with Gasteiger partial charge in [-0.3, -0.25) is 4.72 Å². The van der Waals surface area contributed by atoms with Crippen molar-refractivity contribution in [3.63, 3.8) is 0 Å². The van der Waals surface area contributed by atoms with Crippen LogP contribution in [0.25, 0.3) is 0 Å². The second-order valence-electron chi connectivity index (χ2n) is 9.95. The molecule has 0 unspecified atom stereocenters. The Kier molecular flexibility index (Phi) is 8.51. The molecule has 2 rings (SSSR count). The van der Waals surface area contributed by atoms with E-state index < -0.39 is 10.0 Å². The highest BCUT2D eigenvalue weighted by Gasteiger charge is 2.30. The molecule has 0 saturated carbocycles. The van der Waals surface area contributed by atoms with Gasteiger partial charge in [0.15, 0.2) is 0 Å². The van der Waals surface area contributed by atoms with Crippen LogP contribution in [0.5, 0.6) is 5.75 Å². The fourth-order valence-electron chi connectivity index (χ4n) is 3.90. The summed E-state index contributed by atoms with van der Waals surface area (Å²) < 4.78 is 35.3. The lowest BCUT2D eigenvalue weighted by atomic mass is 9.72. The van der Waals surface area contributed by atoms with E-state index in [4.69, 9.17) is 4.74 Å². The predicted octanol–water partition coefficient (Wildman–Crippen LogP) is 6.81. The third-order valence-corrected chi connectivity index (χ3v) is 6.90. The lowest BCUT2D eigenvalue weighted by Gasteiger charge is -2.33. The molecule has 172 valence electrons. The van der Waals surface area contributed by atoms with Crippen LogP contribution < -0.4 is 9.46 Å². The first-order valence-corrected chi connectivity index (χ1v) is 13.0. The number of ether oxygens (including phenoxy) is 1. The van der Waals surface area contributed by atoms with Gasteiger partial charge < -0.3 is 4.74 Å². The first kappa shape index (κ1) is 25.6. The molecular formula is C25H37NO3S2. The Morgan fingerprint density at radius 2 is 1.65 bits per heavy atom. The van der Waals surface area contributed by atoms with Crippen molar-refractivity contribution in [3.05, 3.63) is 53.6 Å². The van der Waals surface area contributed by atoms with Crippen molar-refractivity contribution in [3.8, 4) is 5.75 Å². The zero-order chi connectivity index (χ0) is 23.3. The Labute approximate surface area is 194 Å². The van der Waals surface area contributed by atoms with E-state index in [2.05, 4.69) is 58.9 Å². The van der Waals surface area contributed by atoms with Gasteiger partial charge in [0, 0.05) is 11.4 Å². The Morgan fingerprint density at radius 1 is 1.00 bits per heavy atom. The van der Waals surface area contributed by atoms with Gasteiger partial charge in [0.1, 0.15) is 10.6 Å². The van der Waals surface area contributed by atoms with Crippen LogP contribution in [-0.4, -0.2) is 15.0 Å². The van der Waals surface area contributed by atoms with Crippen molar-refractivity contribution in [2.24, 2.45) is 5.41 Å². The van der Waals surface area contributed by atoms with Gasteiger partial charge in [0.25, 0.3) is 10.0 Å². The number of sulfonamides is 1. The van der Waals surface area contributed by atoms with Crippen molar-refractivity contribution < 1.29 is 13.2 Å². The average molecular weight is 464 g/mol. The Balaban J connectivity index is 2.46. The zero-order valence-corrected chi connectivity index (χ0v) is 21.4. The minimum absolute atomic E-state index is 0.117. The normalized spacial score (nSPS) is 12.6. The van der Waals surface area contributed by atoms with Crippen LogP contribution in [0.4, 0.5) is 5.69 Å². The number of thiol groups is 1. The molecule has 0 saturated heterocycles. The molecule has 0 aliphatic carbocycles. The topological polar surface area (TPSA) is 55.4 Å². The summed E-state index contributed by atoms with van der Waals surface area (Å²) in [4.78, 5) is 0.182. The molecule has 0 aromatic heterocycles. The summed E-state index contributed by atoms with van der Waals surface area (Å²) in [6.45, 7) is 13.5. The van der Waals surface area contributed by atoms with E-state index in [9.17, 15) is 8.42 Å². The van der Waals surface area contributed by atoms with E-state index in [0.717, 1.165) is 30.4 Å². The van der Waals surface area contributed by atoms with Crippen molar-refractivity contribution in [1.82, 2.24) is 0 Å². The van der Waals surface area contributed by atoms with E-state index in [-0.39, 0.29) is 15.7 Å². The van der Waals surface area contributed by atoms with Crippen molar-refractivity contribution >= 4 is 28.3 Å². The van der Waals surface area contributed by atoms with E-state index in [0.29, 0.717) is 23.8 Å². The largest absolute Gasteiger partial charge is 0.492 e. The number of hydrogen-bond donors (Lipinski definition) is 2. The number of benzene rings is 2. The fourth-order valence-corrected chi connectivity index (χ4v) is 5.34. The Morgan fingerprint density at radius 3 is 2.19 bits per heavy atom. The van der Waals surface area contributed by atoms with Crippen molar-refractivity contribution in [2.45, 2.75) is 76.9 Å². The van der Waals surface area contributed by atoms with Crippen molar-refractivity contribution in [2.75, 3.05) is 11.3 Å². The average Bonchev–Trinajstić information content (AvgIpc) is 2.66. The summed E-state index contributed by atoms with van der Waals surface area (Å²) in [6.07, 6.45) is 2.78. The Bertz CT molecular complexity index is 959. The van der Waals surface area contributed by atoms with Crippen LogP contribution in [0.3, 0.4) is 0 Å². The molecule has 0 fully saturated rings. The molecule has 0 amide bonds. The second-order valence-corrected chi connectivity index (χ2v) is 11.9. The maximum atomic E-state index is 13.4.